The minimum Gasteiger partial charge on any atom is -0.352 e. The summed E-state index contributed by atoms with van der Waals surface area (Å²) in [6.45, 7) is 0.557. The van der Waals surface area contributed by atoms with Crippen molar-refractivity contribution in [2.24, 2.45) is 5.92 Å². The summed E-state index contributed by atoms with van der Waals surface area (Å²) in [5, 5.41) is 18.5. The van der Waals surface area contributed by atoms with Gasteiger partial charge in [-0.25, -0.2) is 0 Å². The van der Waals surface area contributed by atoms with Crippen LogP contribution in [-0.4, -0.2) is 26.3 Å². The minimum absolute atomic E-state index is 0.173. The van der Waals surface area contributed by atoms with Crippen LogP contribution in [0, 0.1) is 5.92 Å². The lowest BCUT2D eigenvalue weighted by molar-refractivity contribution is -0.125. The number of hydrogen-bond acceptors (Lipinski definition) is 5. The van der Waals surface area contributed by atoms with E-state index in [4.69, 9.17) is 0 Å². The number of nitrogens with one attached hydrogen (secondary N) is 1. The van der Waals surface area contributed by atoms with Crippen molar-refractivity contribution in [3.8, 4) is 11.4 Å². The maximum absolute atomic E-state index is 12.5. The summed E-state index contributed by atoms with van der Waals surface area (Å²) in [5.74, 6) is 0.877. The molecule has 3 rings (SSSR count). The number of amides is 1. The van der Waals surface area contributed by atoms with Crippen LogP contribution in [0.1, 0.15) is 56.9 Å². The van der Waals surface area contributed by atoms with E-state index in [1.807, 2.05) is 24.3 Å². The minimum atomic E-state index is 0.173. The second-order valence-corrected chi connectivity index (χ2v) is 6.68. The summed E-state index contributed by atoms with van der Waals surface area (Å²) in [5.41, 5.74) is 1.93. The van der Waals surface area contributed by atoms with Gasteiger partial charge in [-0.3, -0.25) is 4.79 Å². The van der Waals surface area contributed by atoms with E-state index in [0.29, 0.717) is 12.4 Å². The molecule has 0 atom stereocenters. The number of carbonyl (C=O) groups is 1. The zero-order valence-corrected chi connectivity index (χ0v) is 14.5. The van der Waals surface area contributed by atoms with Crippen LogP contribution in [0.15, 0.2) is 30.6 Å². The van der Waals surface area contributed by atoms with Gasteiger partial charge in [-0.2, -0.15) is 0 Å². The smallest absolute Gasteiger partial charge is 0.223 e. The molecule has 0 unspecified atom stereocenters. The molecule has 6 nitrogen and oxygen atoms in total. The zero-order chi connectivity index (χ0) is 17.3. The molecular weight excluding hydrogens is 314 g/mol. The van der Waals surface area contributed by atoms with Gasteiger partial charge in [-0.15, -0.1) is 20.4 Å². The quantitative estimate of drug-likeness (QED) is 0.924. The largest absolute Gasteiger partial charge is 0.352 e. The molecule has 0 spiro atoms. The Hall–Kier alpha value is -2.37. The topological polar surface area (TPSA) is 80.7 Å². The summed E-state index contributed by atoms with van der Waals surface area (Å²) in [6, 6.07) is 7.82. The Balaban J connectivity index is 1.53. The third-order valence-corrected chi connectivity index (χ3v) is 4.81. The predicted octanol–water partition coefficient (Wildman–Crippen LogP) is 3.30. The molecule has 1 saturated carbocycles. The normalized spacial score (nSPS) is 16.5. The molecule has 1 fully saturated rings. The van der Waals surface area contributed by atoms with Gasteiger partial charge in [0.15, 0.2) is 6.33 Å². The molecule has 132 valence electrons. The van der Waals surface area contributed by atoms with Crippen LogP contribution in [-0.2, 0) is 11.3 Å². The van der Waals surface area contributed by atoms with Crippen molar-refractivity contribution in [1.82, 2.24) is 25.7 Å². The molecule has 0 saturated heterocycles. The first-order chi connectivity index (χ1) is 12.3. The molecule has 0 bridgehead atoms. The Morgan fingerprint density at radius 3 is 2.16 bits per heavy atom. The van der Waals surface area contributed by atoms with Crippen molar-refractivity contribution in [1.29, 1.82) is 0 Å². The van der Waals surface area contributed by atoms with Crippen molar-refractivity contribution < 1.29 is 4.79 Å². The van der Waals surface area contributed by atoms with Crippen LogP contribution in [0.25, 0.3) is 11.4 Å². The third kappa shape index (κ3) is 5.31. The van der Waals surface area contributed by atoms with Crippen LogP contribution in [0.4, 0.5) is 0 Å². The Morgan fingerprint density at radius 2 is 1.52 bits per heavy atom. The Bertz CT molecular complexity index is 649. The molecule has 25 heavy (non-hydrogen) atoms. The first-order valence-corrected chi connectivity index (χ1v) is 9.20. The van der Waals surface area contributed by atoms with Gasteiger partial charge in [0.25, 0.3) is 0 Å². The summed E-state index contributed by atoms with van der Waals surface area (Å²) < 4.78 is 0. The highest BCUT2D eigenvalue weighted by molar-refractivity contribution is 5.78. The first-order valence-electron chi connectivity index (χ1n) is 9.20. The van der Waals surface area contributed by atoms with Crippen molar-refractivity contribution >= 4 is 5.91 Å². The maximum atomic E-state index is 12.5. The van der Waals surface area contributed by atoms with Gasteiger partial charge < -0.3 is 5.32 Å². The SMILES string of the molecule is O=C(NCc1ccc(-c2nncnn2)cc1)C1CCCCCCCC1. The van der Waals surface area contributed by atoms with E-state index in [0.717, 1.165) is 24.0 Å². The molecule has 1 aromatic heterocycles. The summed E-state index contributed by atoms with van der Waals surface area (Å²) >= 11 is 0. The number of rotatable bonds is 4. The second kappa shape index (κ2) is 9.20. The lowest BCUT2D eigenvalue weighted by Crippen LogP contribution is -2.30. The van der Waals surface area contributed by atoms with Crippen LogP contribution >= 0.6 is 0 Å². The molecule has 1 aromatic carbocycles. The maximum Gasteiger partial charge on any atom is 0.223 e. The molecule has 1 aliphatic rings. The average Bonchev–Trinajstić information content (AvgIpc) is 2.81. The van der Waals surface area contributed by atoms with Crippen molar-refractivity contribution in [2.75, 3.05) is 0 Å². The fourth-order valence-electron chi connectivity index (χ4n) is 3.32. The van der Waals surface area contributed by atoms with E-state index in [-0.39, 0.29) is 11.8 Å². The molecule has 0 aliphatic heterocycles. The zero-order valence-electron chi connectivity index (χ0n) is 14.5. The number of nitrogens with zero attached hydrogens (tertiary/aromatic N) is 4. The van der Waals surface area contributed by atoms with Gasteiger partial charge in [0, 0.05) is 18.0 Å². The third-order valence-electron chi connectivity index (χ3n) is 4.81. The summed E-state index contributed by atoms with van der Waals surface area (Å²) in [6.07, 6.45) is 10.9. The van der Waals surface area contributed by atoms with Crippen LogP contribution in [0.5, 0.6) is 0 Å². The van der Waals surface area contributed by atoms with Gasteiger partial charge >= 0.3 is 0 Å². The van der Waals surface area contributed by atoms with E-state index in [1.54, 1.807) is 0 Å². The van der Waals surface area contributed by atoms with Crippen LogP contribution in [0.2, 0.25) is 0 Å². The van der Waals surface area contributed by atoms with Crippen LogP contribution < -0.4 is 5.32 Å². The molecule has 1 aliphatic carbocycles. The first kappa shape index (κ1) is 17.5. The molecule has 1 amide bonds. The average molecular weight is 339 g/mol. The lowest BCUT2D eigenvalue weighted by Gasteiger charge is -2.16. The monoisotopic (exact) mass is 339 g/mol. The Morgan fingerprint density at radius 1 is 0.920 bits per heavy atom. The van der Waals surface area contributed by atoms with E-state index in [2.05, 4.69) is 25.7 Å². The van der Waals surface area contributed by atoms with Gasteiger partial charge in [-0.1, -0.05) is 62.8 Å². The molecule has 1 N–H and O–H groups in total. The van der Waals surface area contributed by atoms with Crippen molar-refractivity contribution in [3.05, 3.63) is 36.2 Å². The Labute approximate surface area is 148 Å². The highest BCUT2D eigenvalue weighted by Crippen LogP contribution is 2.22. The van der Waals surface area contributed by atoms with Crippen molar-refractivity contribution in [2.45, 2.75) is 57.9 Å². The van der Waals surface area contributed by atoms with Gasteiger partial charge in [0.1, 0.15) is 0 Å². The van der Waals surface area contributed by atoms with Gasteiger partial charge in [0.05, 0.1) is 0 Å². The summed E-state index contributed by atoms with van der Waals surface area (Å²) in [4.78, 5) is 12.5. The summed E-state index contributed by atoms with van der Waals surface area (Å²) in [7, 11) is 0. The van der Waals surface area contributed by atoms with E-state index < -0.39 is 0 Å². The number of hydrogen-bond donors (Lipinski definition) is 1. The Kier molecular flexibility index (Phi) is 6.42. The lowest BCUT2D eigenvalue weighted by atomic mass is 9.96. The fourth-order valence-corrected chi connectivity index (χ4v) is 3.32. The highest BCUT2D eigenvalue weighted by Gasteiger charge is 2.18. The highest BCUT2D eigenvalue weighted by atomic mass is 16.1. The fraction of sp³-hybridized carbons (Fsp3) is 0.526. The van der Waals surface area contributed by atoms with Gasteiger partial charge in [-0.05, 0) is 18.4 Å². The van der Waals surface area contributed by atoms with E-state index >= 15 is 0 Å². The molecular formula is C19H25N5O. The van der Waals surface area contributed by atoms with Crippen molar-refractivity contribution in [3.63, 3.8) is 0 Å². The van der Waals surface area contributed by atoms with E-state index in [1.165, 1.54) is 44.9 Å². The van der Waals surface area contributed by atoms with Crippen LogP contribution in [0.3, 0.4) is 0 Å². The molecule has 2 aromatic rings. The molecule has 1 heterocycles. The standard InChI is InChI=1S/C19H25N5O/c25-19(17-7-5-3-1-2-4-6-8-17)20-13-15-9-11-16(12-10-15)18-23-21-14-22-24-18/h9-12,14,17H,1-8,13H2,(H,20,25). The predicted molar refractivity (Wildman–Crippen MR) is 95.3 cm³/mol. The molecule has 6 heteroatoms. The number of benzene rings is 1. The van der Waals surface area contributed by atoms with Gasteiger partial charge in [0.2, 0.25) is 11.7 Å². The molecule has 0 radical (unpaired) electrons. The van der Waals surface area contributed by atoms with E-state index in [9.17, 15) is 4.79 Å². The second-order valence-electron chi connectivity index (χ2n) is 6.68. The number of aromatic nitrogens is 4. The number of carbonyl (C=O) groups excluding carboxylic acids is 1.